The van der Waals surface area contributed by atoms with Crippen molar-refractivity contribution in [1.82, 2.24) is 10.2 Å². The monoisotopic (exact) mass is 378 g/mol. The van der Waals surface area contributed by atoms with E-state index in [-0.39, 0.29) is 5.57 Å². The summed E-state index contributed by atoms with van der Waals surface area (Å²) in [5, 5.41) is 15.3. The van der Waals surface area contributed by atoms with Gasteiger partial charge in [0.15, 0.2) is 0 Å². The fourth-order valence-electron chi connectivity index (χ4n) is 2.52. The summed E-state index contributed by atoms with van der Waals surface area (Å²) in [6.45, 7) is 5.08. The molecule has 1 aliphatic heterocycles. The number of rotatable bonds is 8. The summed E-state index contributed by atoms with van der Waals surface area (Å²) < 4.78 is 10.5. The van der Waals surface area contributed by atoms with Crippen LogP contribution in [0.25, 0.3) is 0 Å². The molecule has 0 aromatic heterocycles. The van der Waals surface area contributed by atoms with Crippen LogP contribution in [0.2, 0.25) is 5.02 Å². The van der Waals surface area contributed by atoms with Crippen LogP contribution >= 0.6 is 11.6 Å². The van der Waals surface area contributed by atoms with E-state index in [1.807, 2.05) is 6.07 Å². The van der Waals surface area contributed by atoms with Gasteiger partial charge in [0, 0.05) is 30.9 Å². The Balaban J connectivity index is 1.83. The lowest BCUT2D eigenvalue weighted by molar-refractivity contribution is -0.112. The van der Waals surface area contributed by atoms with Crippen molar-refractivity contribution in [2.24, 2.45) is 0 Å². The Labute approximate surface area is 158 Å². The van der Waals surface area contributed by atoms with Crippen LogP contribution < -0.4 is 15.4 Å². The molecule has 26 heavy (non-hydrogen) atoms. The molecule has 1 saturated heterocycles. The van der Waals surface area contributed by atoms with Crippen molar-refractivity contribution in [1.29, 1.82) is 5.26 Å². The first-order valence-corrected chi connectivity index (χ1v) is 8.80. The van der Waals surface area contributed by atoms with Crippen LogP contribution in [0.15, 0.2) is 30.0 Å². The lowest BCUT2D eigenvalue weighted by atomic mass is 10.2. The van der Waals surface area contributed by atoms with Crippen LogP contribution in [0.3, 0.4) is 0 Å². The van der Waals surface area contributed by atoms with Crippen molar-refractivity contribution in [3.63, 3.8) is 0 Å². The molecule has 0 radical (unpaired) electrons. The third-order valence-electron chi connectivity index (χ3n) is 3.92. The van der Waals surface area contributed by atoms with E-state index in [0.717, 1.165) is 39.3 Å². The van der Waals surface area contributed by atoms with Gasteiger partial charge >= 0.3 is 0 Å². The Bertz CT molecular complexity index is 682. The van der Waals surface area contributed by atoms with Gasteiger partial charge in [0.1, 0.15) is 17.4 Å². The third kappa shape index (κ3) is 6.23. The maximum Gasteiger partial charge on any atom is 0.267 e. The lowest BCUT2D eigenvalue weighted by Gasteiger charge is -2.26. The van der Waals surface area contributed by atoms with E-state index in [1.54, 1.807) is 18.2 Å². The number of nitrogens with one attached hydrogen (secondary N) is 2. The molecule has 140 valence electrons. The second-order valence-electron chi connectivity index (χ2n) is 5.73. The maximum atomic E-state index is 12.3. The number of nitrogens with zero attached hydrogens (tertiary/aromatic N) is 2. The minimum atomic E-state index is -0.520. The summed E-state index contributed by atoms with van der Waals surface area (Å²) >= 11 is 5.94. The number of anilines is 1. The highest BCUT2D eigenvalue weighted by Gasteiger charge is 2.13. The second-order valence-corrected chi connectivity index (χ2v) is 6.17. The zero-order chi connectivity index (χ0) is 18.8. The van der Waals surface area contributed by atoms with Crippen LogP contribution in [0, 0.1) is 11.3 Å². The molecule has 0 atom stereocenters. The topological polar surface area (TPSA) is 86.6 Å². The third-order valence-corrected chi connectivity index (χ3v) is 4.16. The molecule has 1 fully saturated rings. The smallest absolute Gasteiger partial charge is 0.267 e. The number of hydrogen-bond acceptors (Lipinski definition) is 6. The van der Waals surface area contributed by atoms with E-state index >= 15 is 0 Å². The summed E-state index contributed by atoms with van der Waals surface area (Å²) in [6, 6.07) is 6.78. The molecule has 0 saturated carbocycles. The number of carbonyl (C=O) groups excluding carboxylic acids is 1. The largest absolute Gasteiger partial charge is 0.495 e. The number of methoxy groups -OCH3 is 1. The Kier molecular flexibility index (Phi) is 8.22. The number of morpholine rings is 1. The van der Waals surface area contributed by atoms with Gasteiger partial charge in [-0.15, -0.1) is 0 Å². The molecule has 2 N–H and O–H groups in total. The Morgan fingerprint density at radius 1 is 1.46 bits per heavy atom. The average Bonchev–Trinajstić information content (AvgIpc) is 2.65. The first kappa shape index (κ1) is 20.0. The number of nitriles is 1. The van der Waals surface area contributed by atoms with Crippen molar-refractivity contribution < 1.29 is 14.3 Å². The quantitative estimate of drug-likeness (QED) is 0.409. The first-order chi connectivity index (χ1) is 12.6. The second kappa shape index (κ2) is 10.7. The maximum absolute atomic E-state index is 12.3. The van der Waals surface area contributed by atoms with Gasteiger partial charge < -0.3 is 20.1 Å². The fraction of sp³-hybridized carbons (Fsp3) is 0.444. The lowest BCUT2D eigenvalue weighted by Crippen LogP contribution is -2.37. The predicted octanol–water partition coefficient (Wildman–Crippen LogP) is 2.01. The fourth-order valence-corrected chi connectivity index (χ4v) is 2.69. The number of amides is 1. The molecule has 2 rings (SSSR count). The van der Waals surface area contributed by atoms with Crippen LogP contribution in [0.5, 0.6) is 5.75 Å². The van der Waals surface area contributed by atoms with E-state index in [4.69, 9.17) is 21.1 Å². The standard InChI is InChI=1S/C18H23ClN4O3/c1-25-17-4-3-15(19)11-16(17)22-18(24)14(12-20)13-21-5-2-6-23-7-9-26-10-8-23/h3-4,11,13,21H,2,5-10H2,1H3,(H,22,24)/b14-13-. The zero-order valence-corrected chi connectivity index (χ0v) is 15.5. The van der Waals surface area contributed by atoms with Gasteiger partial charge in [-0.25, -0.2) is 0 Å². The van der Waals surface area contributed by atoms with Crippen LogP contribution in [-0.2, 0) is 9.53 Å². The normalized spacial score (nSPS) is 15.2. The summed E-state index contributed by atoms with van der Waals surface area (Å²) in [7, 11) is 1.50. The van der Waals surface area contributed by atoms with Gasteiger partial charge in [0.2, 0.25) is 0 Å². The number of hydrogen-bond donors (Lipinski definition) is 2. The van der Waals surface area contributed by atoms with Crippen molar-refractivity contribution in [3.05, 3.63) is 35.0 Å². The van der Waals surface area contributed by atoms with Crippen LogP contribution in [0.1, 0.15) is 6.42 Å². The minimum absolute atomic E-state index is 0.0154. The first-order valence-electron chi connectivity index (χ1n) is 8.42. The van der Waals surface area contributed by atoms with Gasteiger partial charge in [0.05, 0.1) is 26.0 Å². The molecule has 8 heteroatoms. The number of halogens is 1. The molecule has 7 nitrogen and oxygen atoms in total. The van der Waals surface area contributed by atoms with Gasteiger partial charge in [0.25, 0.3) is 5.91 Å². The van der Waals surface area contributed by atoms with E-state index in [1.165, 1.54) is 13.3 Å². The zero-order valence-electron chi connectivity index (χ0n) is 14.8. The Morgan fingerprint density at radius 3 is 2.92 bits per heavy atom. The molecule has 1 amide bonds. The van der Waals surface area contributed by atoms with Gasteiger partial charge in [-0.2, -0.15) is 5.26 Å². The van der Waals surface area contributed by atoms with Gasteiger partial charge in [-0.1, -0.05) is 11.6 Å². The highest BCUT2D eigenvalue weighted by molar-refractivity contribution is 6.31. The number of ether oxygens (including phenoxy) is 2. The SMILES string of the molecule is COc1ccc(Cl)cc1NC(=O)/C(C#N)=C\NCCCN1CCOCC1. The van der Waals surface area contributed by atoms with E-state index in [9.17, 15) is 10.1 Å². The van der Waals surface area contributed by atoms with Crippen molar-refractivity contribution in [2.45, 2.75) is 6.42 Å². The molecule has 1 aromatic rings. The molecule has 1 aromatic carbocycles. The summed E-state index contributed by atoms with van der Waals surface area (Å²) in [5.41, 5.74) is 0.400. The van der Waals surface area contributed by atoms with Crippen molar-refractivity contribution in [2.75, 3.05) is 51.8 Å². The Hall–Kier alpha value is -2.27. The molecular weight excluding hydrogens is 356 g/mol. The van der Waals surface area contributed by atoms with E-state index < -0.39 is 5.91 Å². The summed E-state index contributed by atoms with van der Waals surface area (Å²) in [4.78, 5) is 14.6. The summed E-state index contributed by atoms with van der Waals surface area (Å²) in [5.74, 6) is -0.0488. The molecule has 1 aliphatic rings. The highest BCUT2D eigenvalue weighted by atomic mass is 35.5. The number of benzene rings is 1. The van der Waals surface area contributed by atoms with Crippen LogP contribution in [-0.4, -0.2) is 57.3 Å². The number of carbonyl (C=O) groups is 1. The molecule has 1 heterocycles. The Morgan fingerprint density at radius 2 is 2.23 bits per heavy atom. The average molecular weight is 379 g/mol. The molecule has 0 spiro atoms. The van der Waals surface area contributed by atoms with Gasteiger partial charge in [-0.3, -0.25) is 9.69 Å². The molecule has 0 bridgehead atoms. The molecular formula is C18H23ClN4O3. The summed E-state index contributed by atoms with van der Waals surface area (Å²) in [6.07, 6.45) is 2.35. The minimum Gasteiger partial charge on any atom is -0.495 e. The van der Waals surface area contributed by atoms with Gasteiger partial charge in [-0.05, 0) is 31.2 Å². The molecule has 0 aliphatic carbocycles. The van der Waals surface area contributed by atoms with Crippen molar-refractivity contribution in [3.8, 4) is 11.8 Å². The van der Waals surface area contributed by atoms with Crippen molar-refractivity contribution >= 4 is 23.2 Å². The highest BCUT2D eigenvalue weighted by Crippen LogP contribution is 2.27. The van der Waals surface area contributed by atoms with E-state index in [0.29, 0.717) is 23.0 Å². The van der Waals surface area contributed by atoms with E-state index in [2.05, 4.69) is 15.5 Å². The van der Waals surface area contributed by atoms with Crippen LogP contribution in [0.4, 0.5) is 5.69 Å². The predicted molar refractivity (Wildman–Crippen MR) is 100 cm³/mol. The molecule has 0 unspecified atom stereocenters.